The highest BCUT2D eigenvalue weighted by Gasteiger charge is 2.54. The molecule has 2 atom stereocenters. The first kappa shape index (κ1) is 14.0. The largest absolute Gasteiger partial charge is 0.381 e. The Kier molecular flexibility index (Phi) is 3.50. The Labute approximate surface area is 130 Å². The van der Waals surface area contributed by atoms with E-state index in [2.05, 4.69) is 20.5 Å². The number of nitrogens with zero attached hydrogens (tertiary/aromatic N) is 2. The molecule has 1 aromatic rings. The molecule has 1 saturated carbocycles. The van der Waals surface area contributed by atoms with Gasteiger partial charge in [-0.15, -0.1) is 0 Å². The van der Waals surface area contributed by atoms with E-state index < -0.39 is 0 Å². The topological polar surface area (TPSA) is 66.5 Å². The van der Waals surface area contributed by atoms with Crippen molar-refractivity contribution in [3.63, 3.8) is 0 Å². The molecule has 2 saturated heterocycles. The van der Waals surface area contributed by atoms with Gasteiger partial charge < -0.3 is 20.3 Å². The Morgan fingerprint density at radius 1 is 1.32 bits per heavy atom. The Morgan fingerprint density at radius 2 is 2.05 bits per heavy atom. The fourth-order valence-corrected chi connectivity index (χ4v) is 3.60. The van der Waals surface area contributed by atoms with Crippen LogP contribution in [0.3, 0.4) is 0 Å². The number of rotatable bonds is 3. The van der Waals surface area contributed by atoms with Crippen molar-refractivity contribution in [2.24, 2.45) is 11.8 Å². The zero-order valence-corrected chi connectivity index (χ0v) is 12.8. The molecule has 2 unspecified atom stereocenters. The number of aromatic nitrogens is 1. The summed E-state index contributed by atoms with van der Waals surface area (Å²) in [5.74, 6) is 0.977. The van der Waals surface area contributed by atoms with Crippen molar-refractivity contribution in [1.29, 1.82) is 0 Å². The predicted molar refractivity (Wildman–Crippen MR) is 83.1 cm³/mol. The molecule has 0 bridgehead atoms. The van der Waals surface area contributed by atoms with Gasteiger partial charge >= 0.3 is 0 Å². The van der Waals surface area contributed by atoms with Crippen LogP contribution < -0.4 is 15.5 Å². The summed E-state index contributed by atoms with van der Waals surface area (Å²) in [5, 5.41) is 6.44. The minimum Gasteiger partial charge on any atom is -0.381 e. The molecule has 6 nitrogen and oxygen atoms in total. The molecule has 1 aromatic heterocycles. The van der Waals surface area contributed by atoms with Crippen molar-refractivity contribution in [2.45, 2.75) is 13.0 Å². The van der Waals surface area contributed by atoms with Crippen molar-refractivity contribution in [3.05, 3.63) is 23.5 Å². The van der Waals surface area contributed by atoms with Crippen LogP contribution in [0.5, 0.6) is 0 Å². The van der Waals surface area contributed by atoms with E-state index in [0.29, 0.717) is 17.5 Å². The van der Waals surface area contributed by atoms with Crippen LogP contribution >= 0.6 is 0 Å². The van der Waals surface area contributed by atoms with Gasteiger partial charge in [-0.1, -0.05) is 0 Å². The van der Waals surface area contributed by atoms with Crippen LogP contribution in [0.25, 0.3) is 0 Å². The molecule has 0 spiro atoms. The lowest BCUT2D eigenvalue weighted by atomic mass is 10.2. The number of carbonyl (C=O) groups is 1. The van der Waals surface area contributed by atoms with Crippen LogP contribution in [0.15, 0.2) is 12.1 Å². The van der Waals surface area contributed by atoms with Gasteiger partial charge in [-0.05, 0) is 19.1 Å². The van der Waals surface area contributed by atoms with E-state index >= 15 is 0 Å². The van der Waals surface area contributed by atoms with E-state index in [9.17, 15) is 4.79 Å². The van der Waals surface area contributed by atoms with E-state index in [0.717, 1.165) is 50.8 Å². The van der Waals surface area contributed by atoms with Gasteiger partial charge in [0.15, 0.2) is 0 Å². The molecular weight excluding hydrogens is 280 g/mol. The van der Waals surface area contributed by atoms with Crippen LogP contribution in [0, 0.1) is 18.8 Å². The lowest BCUT2D eigenvalue weighted by molar-refractivity contribution is 0.0924. The van der Waals surface area contributed by atoms with Gasteiger partial charge in [0.25, 0.3) is 5.91 Å². The van der Waals surface area contributed by atoms with E-state index in [1.807, 2.05) is 19.1 Å². The summed E-state index contributed by atoms with van der Waals surface area (Å²) in [6, 6.07) is 4.16. The number of piperazine rings is 1. The Balaban J connectivity index is 1.43. The highest BCUT2D eigenvalue weighted by Crippen LogP contribution is 2.44. The lowest BCUT2D eigenvalue weighted by Crippen LogP contribution is -2.44. The van der Waals surface area contributed by atoms with Gasteiger partial charge in [0.1, 0.15) is 5.69 Å². The molecule has 2 N–H and O–H groups in total. The molecule has 1 amide bonds. The SMILES string of the molecule is Cc1nc(C(=O)NC2C3COCC32)ccc1N1CCNCC1. The van der Waals surface area contributed by atoms with Gasteiger partial charge in [0, 0.05) is 44.1 Å². The van der Waals surface area contributed by atoms with E-state index in [1.54, 1.807) is 0 Å². The van der Waals surface area contributed by atoms with Gasteiger partial charge in [0.05, 0.1) is 24.6 Å². The number of ether oxygens (including phenoxy) is 1. The van der Waals surface area contributed by atoms with Crippen LogP contribution in [0.1, 0.15) is 16.2 Å². The molecule has 4 rings (SSSR count). The Hall–Kier alpha value is -1.66. The van der Waals surface area contributed by atoms with Gasteiger partial charge in [-0.2, -0.15) is 0 Å². The van der Waals surface area contributed by atoms with Gasteiger partial charge in [-0.3, -0.25) is 4.79 Å². The van der Waals surface area contributed by atoms with Crippen molar-refractivity contribution >= 4 is 11.6 Å². The third-order valence-electron chi connectivity index (χ3n) is 5.00. The normalized spacial score (nSPS) is 30.0. The summed E-state index contributed by atoms with van der Waals surface area (Å²) in [4.78, 5) is 19.2. The molecule has 3 heterocycles. The summed E-state index contributed by atoms with van der Waals surface area (Å²) in [6.45, 7) is 7.50. The van der Waals surface area contributed by atoms with Crippen LogP contribution in [-0.4, -0.2) is 56.3 Å². The number of amides is 1. The summed E-state index contributed by atoms with van der Waals surface area (Å²) >= 11 is 0. The quantitative estimate of drug-likeness (QED) is 0.833. The number of carbonyl (C=O) groups excluding carboxylic acids is 1. The molecular formula is C16H22N4O2. The van der Waals surface area contributed by atoms with Crippen molar-refractivity contribution in [2.75, 3.05) is 44.3 Å². The molecule has 0 radical (unpaired) electrons. The summed E-state index contributed by atoms with van der Waals surface area (Å²) in [6.07, 6.45) is 0. The smallest absolute Gasteiger partial charge is 0.270 e. The first-order chi connectivity index (χ1) is 10.7. The minimum absolute atomic E-state index is 0.0608. The Morgan fingerprint density at radius 3 is 2.73 bits per heavy atom. The maximum absolute atomic E-state index is 12.3. The summed E-state index contributed by atoms with van der Waals surface area (Å²) in [7, 11) is 0. The molecule has 0 aromatic carbocycles. The highest BCUT2D eigenvalue weighted by atomic mass is 16.5. The predicted octanol–water partition coefficient (Wildman–Crippen LogP) is 0.174. The molecule has 6 heteroatoms. The molecule has 3 aliphatic rings. The maximum atomic E-state index is 12.3. The number of pyridine rings is 1. The molecule has 1 aliphatic carbocycles. The van der Waals surface area contributed by atoms with Crippen LogP contribution in [0.4, 0.5) is 5.69 Å². The number of anilines is 1. The number of fused-ring (bicyclic) bond motifs is 1. The van der Waals surface area contributed by atoms with Crippen molar-refractivity contribution in [1.82, 2.24) is 15.6 Å². The fourth-order valence-electron chi connectivity index (χ4n) is 3.60. The van der Waals surface area contributed by atoms with E-state index in [-0.39, 0.29) is 11.9 Å². The average molecular weight is 302 g/mol. The van der Waals surface area contributed by atoms with Crippen LogP contribution in [-0.2, 0) is 4.74 Å². The molecule has 3 fully saturated rings. The highest BCUT2D eigenvalue weighted by molar-refractivity contribution is 5.93. The van der Waals surface area contributed by atoms with Crippen molar-refractivity contribution in [3.8, 4) is 0 Å². The fraction of sp³-hybridized carbons (Fsp3) is 0.625. The maximum Gasteiger partial charge on any atom is 0.270 e. The Bertz CT molecular complexity index is 576. The van der Waals surface area contributed by atoms with Crippen LogP contribution in [0.2, 0.25) is 0 Å². The molecule has 118 valence electrons. The first-order valence-electron chi connectivity index (χ1n) is 8.06. The third kappa shape index (κ3) is 2.46. The zero-order valence-electron chi connectivity index (χ0n) is 12.8. The average Bonchev–Trinajstić information content (AvgIpc) is 2.97. The standard InChI is InChI=1S/C16H22N4O2/c1-10-14(20-6-4-17-5-7-20)3-2-13(18-10)16(21)19-15-11-8-22-9-12(11)15/h2-3,11-12,15,17H,4-9H2,1H3,(H,19,21). The first-order valence-corrected chi connectivity index (χ1v) is 8.06. The summed E-state index contributed by atoms with van der Waals surface area (Å²) < 4.78 is 5.35. The number of hydrogen-bond donors (Lipinski definition) is 2. The third-order valence-corrected chi connectivity index (χ3v) is 5.00. The minimum atomic E-state index is -0.0608. The second-order valence-electron chi connectivity index (χ2n) is 6.40. The van der Waals surface area contributed by atoms with Crippen molar-refractivity contribution < 1.29 is 9.53 Å². The molecule has 2 aliphatic heterocycles. The monoisotopic (exact) mass is 302 g/mol. The second kappa shape index (κ2) is 5.52. The number of hydrogen-bond acceptors (Lipinski definition) is 5. The van der Waals surface area contributed by atoms with Gasteiger partial charge in [0.2, 0.25) is 0 Å². The molecule has 22 heavy (non-hydrogen) atoms. The lowest BCUT2D eigenvalue weighted by Gasteiger charge is -2.30. The van der Waals surface area contributed by atoms with Gasteiger partial charge in [-0.25, -0.2) is 4.98 Å². The zero-order chi connectivity index (χ0) is 15.1. The van der Waals surface area contributed by atoms with E-state index in [1.165, 1.54) is 0 Å². The number of aryl methyl sites for hydroxylation is 1. The van der Waals surface area contributed by atoms with E-state index in [4.69, 9.17) is 4.74 Å². The summed E-state index contributed by atoms with van der Waals surface area (Å²) in [5.41, 5.74) is 2.57. The number of nitrogens with one attached hydrogen (secondary N) is 2. The second-order valence-corrected chi connectivity index (χ2v) is 6.40.